The molecule has 0 aromatic carbocycles. The number of aliphatic carboxylic acids is 1. The van der Waals surface area contributed by atoms with Crippen molar-refractivity contribution >= 4 is 12.1 Å². The fraction of sp³-hybridized carbons (Fsp3) is 0.667. The second-order valence-corrected chi connectivity index (χ2v) is 2.62. The molecule has 0 aromatic rings. The maximum absolute atomic E-state index is 12.6. The number of halogens is 1. The molecule has 5 nitrogen and oxygen atoms in total. The molecule has 12 heavy (non-hydrogen) atoms. The van der Waals surface area contributed by atoms with E-state index in [9.17, 15) is 14.0 Å². The summed E-state index contributed by atoms with van der Waals surface area (Å²) in [6.07, 6.45) is -2.99. The third-order valence-electron chi connectivity index (χ3n) is 1.78. The van der Waals surface area contributed by atoms with Crippen LogP contribution in [0.2, 0.25) is 0 Å². The lowest BCUT2D eigenvalue weighted by Crippen LogP contribution is -2.39. The zero-order valence-electron chi connectivity index (χ0n) is 6.11. The van der Waals surface area contributed by atoms with Gasteiger partial charge in [-0.05, 0) is 0 Å². The third-order valence-corrected chi connectivity index (χ3v) is 1.78. The van der Waals surface area contributed by atoms with E-state index in [4.69, 9.17) is 10.2 Å². The monoisotopic (exact) mass is 177 g/mol. The molecule has 0 spiro atoms. The number of carboxylic acid groups (broad SMARTS) is 2. The fourth-order valence-corrected chi connectivity index (χ4v) is 1.23. The van der Waals surface area contributed by atoms with Gasteiger partial charge in [0.25, 0.3) is 0 Å². The van der Waals surface area contributed by atoms with E-state index in [1.807, 2.05) is 0 Å². The molecule has 0 radical (unpaired) electrons. The predicted molar refractivity (Wildman–Crippen MR) is 35.7 cm³/mol. The molecule has 1 fully saturated rings. The van der Waals surface area contributed by atoms with E-state index >= 15 is 0 Å². The van der Waals surface area contributed by atoms with Gasteiger partial charge in [-0.2, -0.15) is 0 Å². The number of amides is 1. The maximum Gasteiger partial charge on any atom is 0.408 e. The van der Waals surface area contributed by atoms with Crippen LogP contribution < -0.4 is 0 Å². The molecule has 1 saturated heterocycles. The Morgan fingerprint density at radius 3 is 2.33 bits per heavy atom. The summed E-state index contributed by atoms with van der Waals surface area (Å²) < 4.78 is 12.6. The molecule has 1 amide bonds. The molecule has 68 valence electrons. The van der Waals surface area contributed by atoms with Gasteiger partial charge in [0.1, 0.15) is 12.2 Å². The van der Waals surface area contributed by atoms with Crippen LogP contribution in [0.15, 0.2) is 0 Å². The van der Waals surface area contributed by atoms with E-state index in [2.05, 4.69) is 0 Å². The first-order valence-corrected chi connectivity index (χ1v) is 3.39. The normalized spacial score (nSPS) is 28.9. The van der Waals surface area contributed by atoms with Gasteiger partial charge in [0, 0.05) is 6.42 Å². The number of rotatable bonds is 1. The molecule has 0 bridgehead atoms. The Balaban J connectivity index is 2.72. The van der Waals surface area contributed by atoms with Gasteiger partial charge in [0.05, 0.1) is 6.54 Å². The lowest BCUT2D eigenvalue weighted by atomic mass is 10.2. The number of nitrogens with zero attached hydrogens (tertiary/aromatic N) is 1. The lowest BCUT2D eigenvalue weighted by molar-refractivity contribution is -0.141. The minimum Gasteiger partial charge on any atom is -0.480 e. The summed E-state index contributed by atoms with van der Waals surface area (Å²) in [7, 11) is 0. The second-order valence-electron chi connectivity index (χ2n) is 2.62. The number of carboxylic acids is 1. The molecule has 1 aliphatic heterocycles. The average molecular weight is 177 g/mol. The summed E-state index contributed by atoms with van der Waals surface area (Å²) in [6, 6.07) is -1.22. The molecule has 0 aliphatic carbocycles. The van der Waals surface area contributed by atoms with E-state index in [1.54, 1.807) is 0 Å². The smallest absolute Gasteiger partial charge is 0.408 e. The molecule has 0 aromatic heterocycles. The van der Waals surface area contributed by atoms with Crippen molar-refractivity contribution in [1.29, 1.82) is 0 Å². The number of alkyl halides is 1. The van der Waals surface area contributed by atoms with Crippen molar-refractivity contribution in [1.82, 2.24) is 4.90 Å². The van der Waals surface area contributed by atoms with E-state index in [1.165, 1.54) is 0 Å². The van der Waals surface area contributed by atoms with Crippen molar-refractivity contribution < 1.29 is 24.2 Å². The highest BCUT2D eigenvalue weighted by molar-refractivity contribution is 5.80. The summed E-state index contributed by atoms with van der Waals surface area (Å²) >= 11 is 0. The third kappa shape index (κ3) is 1.46. The van der Waals surface area contributed by atoms with E-state index < -0.39 is 24.3 Å². The Hall–Kier alpha value is -1.33. The van der Waals surface area contributed by atoms with Gasteiger partial charge in [-0.1, -0.05) is 0 Å². The number of hydrogen-bond acceptors (Lipinski definition) is 2. The first-order chi connectivity index (χ1) is 5.52. The van der Waals surface area contributed by atoms with Crippen LogP contribution >= 0.6 is 0 Å². The van der Waals surface area contributed by atoms with Crippen LogP contribution in [0.3, 0.4) is 0 Å². The molecular weight excluding hydrogens is 169 g/mol. The number of likely N-dealkylation sites (tertiary alicyclic amines) is 1. The zero-order chi connectivity index (χ0) is 9.30. The number of hydrogen-bond donors (Lipinski definition) is 2. The summed E-state index contributed by atoms with van der Waals surface area (Å²) in [5, 5.41) is 16.9. The number of carbonyl (C=O) groups is 2. The summed E-state index contributed by atoms with van der Waals surface area (Å²) in [6.45, 7) is -0.341. The van der Waals surface area contributed by atoms with Gasteiger partial charge in [0.15, 0.2) is 0 Å². The Bertz CT molecular complexity index is 198. The van der Waals surface area contributed by atoms with Crippen molar-refractivity contribution in [2.75, 3.05) is 6.54 Å². The zero-order valence-corrected chi connectivity index (χ0v) is 6.11. The van der Waals surface area contributed by atoms with Crippen LogP contribution in [-0.4, -0.2) is 45.9 Å². The first-order valence-electron chi connectivity index (χ1n) is 3.39. The molecule has 0 saturated carbocycles. The van der Waals surface area contributed by atoms with Crippen LogP contribution in [0.1, 0.15) is 6.42 Å². The largest absolute Gasteiger partial charge is 0.480 e. The van der Waals surface area contributed by atoms with Crippen molar-refractivity contribution in [3.05, 3.63) is 0 Å². The molecule has 1 heterocycles. The van der Waals surface area contributed by atoms with Crippen molar-refractivity contribution in [2.45, 2.75) is 18.6 Å². The van der Waals surface area contributed by atoms with Gasteiger partial charge in [-0.3, -0.25) is 4.90 Å². The summed E-state index contributed by atoms with van der Waals surface area (Å²) in [4.78, 5) is 21.4. The van der Waals surface area contributed by atoms with Crippen LogP contribution in [0.25, 0.3) is 0 Å². The average Bonchev–Trinajstić information content (AvgIpc) is 2.31. The second kappa shape index (κ2) is 2.96. The SMILES string of the molecule is O=C(O)C1C[C@@H](F)CN1C(=O)O. The standard InChI is InChI=1S/C6H8FNO4/c7-3-1-4(5(9)10)8(2-3)6(11)12/h3-4H,1-2H2,(H,9,10)(H,11,12)/t3-,4?/m1/s1. The molecule has 2 N–H and O–H groups in total. The molecule has 1 rings (SSSR count). The van der Waals surface area contributed by atoms with Gasteiger partial charge in [-0.25, -0.2) is 14.0 Å². The van der Waals surface area contributed by atoms with Crippen LogP contribution in [0, 0.1) is 0 Å². The van der Waals surface area contributed by atoms with Crippen molar-refractivity contribution in [3.8, 4) is 0 Å². The fourth-order valence-electron chi connectivity index (χ4n) is 1.23. The minimum atomic E-state index is -1.39. The molecular formula is C6H8FNO4. The van der Waals surface area contributed by atoms with Crippen molar-refractivity contribution in [2.24, 2.45) is 0 Å². The van der Waals surface area contributed by atoms with Gasteiger partial charge in [0.2, 0.25) is 0 Å². The van der Waals surface area contributed by atoms with E-state index in [-0.39, 0.29) is 13.0 Å². The van der Waals surface area contributed by atoms with E-state index in [0.29, 0.717) is 4.90 Å². The Kier molecular flexibility index (Phi) is 2.16. The molecule has 1 aliphatic rings. The van der Waals surface area contributed by atoms with Crippen LogP contribution in [-0.2, 0) is 4.79 Å². The Labute approximate surface area is 67.4 Å². The highest BCUT2D eigenvalue weighted by Crippen LogP contribution is 2.20. The maximum atomic E-state index is 12.6. The molecule has 6 heteroatoms. The highest BCUT2D eigenvalue weighted by Gasteiger charge is 2.39. The molecule has 2 atom stereocenters. The quantitative estimate of drug-likeness (QED) is 0.598. The first kappa shape index (κ1) is 8.76. The van der Waals surface area contributed by atoms with E-state index in [0.717, 1.165) is 0 Å². The van der Waals surface area contributed by atoms with Gasteiger partial charge < -0.3 is 10.2 Å². The Morgan fingerprint density at radius 1 is 1.42 bits per heavy atom. The lowest BCUT2D eigenvalue weighted by Gasteiger charge is -2.16. The summed E-state index contributed by atoms with van der Waals surface area (Å²) in [5.74, 6) is -1.29. The highest BCUT2D eigenvalue weighted by atomic mass is 19.1. The van der Waals surface area contributed by atoms with Crippen LogP contribution in [0.5, 0.6) is 0 Å². The Morgan fingerprint density at radius 2 is 2.00 bits per heavy atom. The predicted octanol–water partition coefficient (Wildman–Crippen LogP) is 0.161. The van der Waals surface area contributed by atoms with Crippen molar-refractivity contribution in [3.63, 3.8) is 0 Å². The summed E-state index contributed by atoms with van der Waals surface area (Å²) in [5.41, 5.74) is 0. The van der Waals surface area contributed by atoms with Gasteiger partial charge >= 0.3 is 12.1 Å². The topological polar surface area (TPSA) is 77.8 Å². The molecule has 1 unspecified atom stereocenters. The van der Waals surface area contributed by atoms with Gasteiger partial charge in [-0.15, -0.1) is 0 Å². The minimum absolute atomic E-state index is 0.248. The van der Waals surface area contributed by atoms with Crippen LogP contribution in [0.4, 0.5) is 9.18 Å².